The normalized spacial score (nSPS) is 12.1. The molecule has 1 unspecified atom stereocenters. The third-order valence-corrected chi connectivity index (χ3v) is 2.59. The van der Waals surface area contributed by atoms with E-state index in [-0.39, 0.29) is 11.9 Å². The molecule has 5 heteroatoms. The van der Waals surface area contributed by atoms with E-state index in [4.69, 9.17) is 10.5 Å². The van der Waals surface area contributed by atoms with E-state index < -0.39 is 12.1 Å². The Labute approximate surface area is 113 Å². The smallest absolute Gasteiger partial charge is 0.341 e. The van der Waals surface area contributed by atoms with Crippen molar-refractivity contribution in [2.24, 2.45) is 0 Å². The highest BCUT2D eigenvalue weighted by Crippen LogP contribution is 2.18. The molecule has 0 radical (unpaired) electrons. The summed E-state index contributed by atoms with van der Waals surface area (Å²) in [6.45, 7) is 6.98. The molecule has 104 valence electrons. The van der Waals surface area contributed by atoms with Crippen LogP contribution < -0.4 is 11.1 Å². The van der Waals surface area contributed by atoms with Crippen molar-refractivity contribution in [3.8, 4) is 0 Å². The lowest BCUT2D eigenvalue weighted by atomic mass is 10.1. The zero-order chi connectivity index (χ0) is 14.6. The predicted molar refractivity (Wildman–Crippen MR) is 73.7 cm³/mol. The number of nitrogens with two attached hydrogens (primary N) is 1. The highest BCUT2D eigenvalue weighted by Gasteiger charge is 2.21. The number of anilines is 1. The van der Waals surface area contributed by atoms with Crippen molar-refractivity contribution in [3.63, 3.8) is 0 Å². The number of hydrogen-bond donors (Lipinski definition) is 2. The van der Waals surface area contributed by atoms with Gasteiger partial charge in [-0.3, -0.25) is 4.79 Å². The summed E-state index contributed by atoms with van der Waals surface area (Å²) in [5.41, 5.74) is 7.14. The molecule has 5 nitrogen and oxygen atoms in total. The Hall–Kier alpha value is -2.04. The number of ether oxygens (including phenoxy) is 1. The van der Waals surface area contributed by atoms with Crippen LogP contribution in [0.2, 0.25) is 0 Å². The zero-order valence-corrected chi connectivity index (χ0v) is 11.7. The lowest BCUT2D eigenvalue weighted by Gasteiger charge is -2.16. The van der Waals surface area contributed by atoms with Crippen LogP contribution in [-0.4, -0.2) is 24.0 Å². The minimum atomic E-state index is -0.853. The molecule has 0 bridgehead atoms. The van der Waals surface area contributed by atoms with Gasteiger partial charge in [-0.2, -0.15) is 0 Å². The second-order valence-electron chi connectivity index (χ2n) is 4.75. The first-order valence-corrected chi connectivity index (χ1v) is 6.19. The molecule has 0 aliphatic carbocycles. The summed E-state index contributed by atoms with van der Waals surface area (Å²) in [5, 5.41) is 2.68. The summed E-state index contributed by atoms with van der Waals surface area (Å²) in [6, 6.07) is 5.15. The van der Waals surface area contributed by atoms with E-state index in [1.807, 2.05) is 13.8 Å². The van der Waals surface area contributed by atoms with Crippen molar-refractivity contribution >= 4 is 17.6 Å². The number of nitrogen functional groups attached to an aromatic ring is 1. The summed E-state index contributed by atoms with van der Waals surface area (Å²) in [5.74, 6) is -0.905. The van der Waals surface area contributed by atoms with Gasteiger partial charge in [0.05, 0.1) is 5.56 Å². The average Bonchev–Trinajstić information content (AvgIpc) is 2.27. The minimum Gasteiger partial charge on any atom is -0.449 e. The van der Waals surface area contributed by atoms with Gasteiger partial charge in [0.15, 0.2) is 6.10 Å². The van der Waals surface area contributed by atoms with E-state index in [0.29, 0.717) is 11.3 Å². The van der Waals surface area contributed by atoms with Crippen molar-refractivity contribution in [1.29, 1.82) is 0 Å². The topological polar surface area (TPSA) is 81.4 Å². The third-order valence-electron chi connectivity index (χ3n) is 2.59. The summed E-state index contributed by atoms with van der Waals surface area (Å²) in [4.78, 5) is 23.7. The van der Waals surface area contributed by atoms with Gasteiger partial charge in [0.1, 0.15) is 0 Å². The fourth-order valence-electron chi connectivity index (χ4n) is 1.64. The maximum atomic E-state index is 12.0. The standard InChI is InChI=1S/C14H20N2O3/c1-8(2)16-13(17)10(4)19-14(18)12-9(3)6-5-7-11(12)15/h5-8,10H,15H2,1-4H3,(H,16,17). The van der Waals surface area contributed by atoms with Crippen LogP contribution in [0.5, 0.6) is 0 Å². The van der Waals surface area contributed by atoms with Crippen LogP contribution in [0.3, 0.4) is 0 Å². The van der Waals surface area contributed by atoms with Gasteiger partial charge in [-0.05, 0) is 39.3 Å². The van der Waals surface area contributed by atoms with Gasteiger partial charge in [0.25, 0.3) is 5.91 Å². The van der Waals surface area contributed by atoms with Crippen LogP contribution >= 0.6 is 0 Å². The highest BCUT2D eigenvalue weighted by atomic mass is 16.5. The van der Waals surface area contributed by atoms with Crippen LogP contribution in [0.4, 0.5) is 5.69 Å². The fourth-order valence-corrected chi connectivity index (χ4v) is 1.64. The quantitative estimate of drug-likeness (QED) is 0.640. The number of amides is 1. The van der Waals surface area contributed by atoms with Gasteiger partial charge in [0, 0.05) is 11.7 Å². The van der Waals surface area contributed by atoms with E-state index in [2.05, 4.69) is 5.32 Å². The molecule has 1 rings (SSSR count). The summed E-state index contributed by atoms with van der Waals surface area (Å²) in [7, 11) is 0. The molecule has 0 fully saturated rings. The van der Waals surface area contributed by atoms with Crippen molar-refractivity contribution in [3.05, 3.63) is 29.3 Å². The summed E-state index contributed by atoms with van der Waals surface area (Å²) < 4.78 is 5.13. The molecule has 0 aromatic heterocycles. The molecule has 3 N–H and O–H groups in total. The average molecular weight is 264 g/mol. The molecule has 0 saturated heterocycles. The molecular formula is C14H20N2O3. The molecule has 1 amide bonds. The van der Waals surface area contributed by atoms with E-state index in [1.165, 1.54) is 6.92 Å². The molecular weight excluding hydrogens is 244 g/mol. The van der Waals surface area contributed by atoms with E-state index in [1.54, 1.807) is 25.1 Å². The minimum absolute atomic E-state index is 0.00261. The maximum absolute atomic E-state index is 12.0. The zero-order valence-electron chi connectivity index (χ0n) is 11.7. The molecule has 0 heterocycles. The SMILES string of the molecule is Cc1cccc(N)c1C(=O)OC(C)C(=O)NC(C)C. The molecule has 0 aliphatic heterocycles. The third kappa shape index (κ3) is 3.98. The lowest BCUT2D eigenvalue weighted by Crippen LogP contribution is -2.39. The van der Waals surface area contributed by atoms with Gasteiger partial charge in [0.2, 0.25) is 0 Å². The Morgan fingerprint density at radius 3 is 2.42 bits per heavy atom. The fraction of sp³-hybridized carbons (Fsp3) is 0.429. The Morgan fingerprint density at radius 2 is 1.89 bits per heavy atom. The number of benzene rings is 1. The van der Waals surface area contributed by atoms with Crippen LogP contribution in [0.25, 0.3) is 0 Å². The van der Waals surface area contributed by atoms with Crippen LogP contribution in [0.1, 0.15) is 36.7 Å². The molecule has 1 atom stereocenters. The first-order valence-electron chi connectivity index (χ1n) is 6.19. The van der Waals surface area contributed by atoms with Gasteiger partial charge < -0.3 is 15.8 Å². The van der Waals surface area contributed by atoms with Gasteiger partial charge in [-0.15, -0.1) is 0 Å². The Balaban J connectivity index is 2.77. The Kier molecular flexibility index (Phi) is 4.92. The molecule has 1 aromatic rings. The Morgan fingerprint density at radius 1 is 1.26 bits per heavy atom. The predicted octanol–water partition coefficient (Wildman–Crippen LogP) is 1.65. The van der Waals surface area contributed by atoms with Crippen molar-refractivity contribution in [2.45, 2.75) is 39.8 Å². The molecule has 0 spiro atoms. The number of aryl methyl sites for hydroxylation is 1. The second kappa shape index (κ2) is 6.22. The monoisotopic (exact) mass is 264 g/mol. The van der Waals surface area contributed by atoms with Crippen LogP contribution in [0, 0.1) is 6.92 Å². The number of nitrogens with one attached hydrogen (secondary N) is 1. The molecule has 1 aromatic carbocycles. The first kappa shape index (κ1) is 15.0. The van der Waals surface area contributed by atoms with E-state index in [0.717, 1.165) is 5.56 Å². The number of rotatable bonds is 4. The van der Waals surface area contributed by atoms with E-state index >= 15 is 0 Å². The highest BCUT2D eigenvalue weighted by molar-refractivity contribution is 5.98. The van der Waals surface area contributed by atoms with Crippen molar-refractivity contribution in [2.75, 3.05) is 5.73 Å². The van der Waals surface area contributed by atoms with Gasteiger partial charge in [-0.1, -0.05) is 12.1 Å². The van der Waals surface area contributed by atoms with Crippen LogP contribution in [0.15, 0.2) is 18.2 Å². The number of carbonyl (C=O) groups is 2. The van der Waals surface area contributed by atoms with Crippen molar-refractivity contribution < 1.29 is 14.3 Å². The molecule has 19 heavy (non-hydrogen) atoms. The Bertz CT molecular complexity index is 463. The molecule has 0 aliphatic rings. The molecule has 0 saturated carbocycles. The lowest BCUT2D eigenvalue weighted by molar-refractivity contribution is -0.129. The van der Waals surface area contributed by atoms with Gasteiger partial charge >= 0.3 is 5.97 Å². The second-order valence-corrected chi connectivity index (χ2v) is 4.75. The largest absolute Gasteiger partial charge is 0.449 e. The number of esters is 1. The summed E-state index contributed by atoms with van der Waals surface area (Å²) in [6.07, 6.45) is -0.853. The van der Waals surface area contributed by atoms with Gasteiger partial charge in [-0.25, -0.2) is 4.79 Å². The summed E-state index contributed by atoms with van der Waals surface area (Å²) >= 11 is 0. The van der Waals surface area contributed by atoms with Crippen LogP contribution in [-0.2, 0) is 9.53 Å². The van der Waals surface area contributed by atoms with E-state index in [9.17, 15) is 9.59 Å². The van der Waals surface area contributed by atoms with Crippen molar-refractivity contribution in [1.82, 2.24) is 5.32 Å². The number of carbonyl (C=O) groups excluding carboxylic acids is 2. The maximum Gasteiger partial charge on any atom is 0.341 e. The first-order chi connectivity index (χ1) is 8.82. The number of hydrogen-bond acceptors (Lipinski definition) is 4.